The number of hydrogen-bond acceptors (Lipinski definition) is 6. The molecule has 0 atom stereocenters. The molecule has 0 aliphatic carbocycles. The molecule has 4 amide bonds. The fourth-order valence-corrected chi connectivity index (χ4v) is 4.26. The van der Waals surface area contributed by atoms with E-state index >= 15 is 0 Å². The molecule has 1 saturated heterocycles. The number of aromatic nitrogens is 1. The smallest absolute Gasteiger partial charge is 0.319 e. The highest BCUT2D eigenvalue weighted by atomic mass is 16.5. The largest absolute Gasteiger partial charge is 0.466 e. The van der Waals surface area contributed by atoms with Gasteiger partial charge in [0.05, 0.1) is 29.8 Å². The number of benzene rings is 2. The van der Waals surface area contributed by atoms with Crippen LogP contribution >= 0.6 is 0 Å². The van der Waals surface area contributed by atoms with Gasteiger partial charge in [-0.05, 0) is 25.1 Å². The molecule has 1 aliphatic rings. The second-order valence-corrected chi connectivity index (χ2v) is 8.65. The Morgan fingerprint density at radius 3 is 2.27 bits per heavy atom. The van der Waals surface area contributed by atoms with Crippen molar-refractivity contribution in [1.82, 2.24) is 20.1 Å². The first-order valence-corrected chi connectivity index (χ1v) is 12.7. The van der Waals surface area contributed by atoms with Gasteiger partial charge in [-0.2, -0.15) is 0 Å². The van der Waals surface area contributed by atoms with E-state index in [1.807, 2.05) is 6.07 Å². The Balaban J connectivity index is 0.00000216. The number of nitrogens with zero attached hydrogens (tertiary/aromatic N) is 2. The van der Waals surface area contributed by atoms with Gasteiger partial charge in [0.15, 0.2) is 0 Å². The predicted molar refractivity (Wildman–Crippen MR) is 150 cm³/mol. The van der Waals surface area contributed by atoms with Crippen molar-refractivity contribution in [1.29, 1.82) is 0 Å². The summed E-state index contributed by atoms with van der Waals surface area (Å²) in [6.07, 6.45) is 9.49. The third-order valence-corrected chi connectivity index (χ3v) is 6.20. The van der Waals surface area contributed by atoms with Crippen molar-refractivity contribution in [3.63, 3.8) is 0 Å². The van der Waals surface area contributed by atoms with Crippen molar-refractivity contribution in [3.8, 4) is 12.8 Å². The number of ketones is 1. The van der Waals surface area contributed by atoms with Crippen LogP contribution < -0.4 is 10.6 Å². The van der Waals surface area contributed by atoms with E-state index in [1.165, 1.54) is 11.1 Å². The lowest BCUT2D eigenvalue weighted by Gasteiger charge is -2.34. The molecule has 1 aliphatic heterocycles. The molecule has 4 rings (SSSR count). The molecule has 3 aromatic rings. The van der Waals surface area contributed by atoms with Crippen LogP contribution in [0.15, 0.2) is 54.7 Å². The van der Waals surface area contributed by atoms with Crippen LogP contribution in [0.1, 0.15) is 34.1 Å². The molecule has 11 nitrogen and oxygen atoms in total. The summed E-state index contributed by atoms with van der Waals surface area (Å²) in [6, 6.07) is 13.4. The van der Waals surface area contributed by atoms with Crippen molar-refractivity contribution >= 4 is 46.2 Å². The summed E-state index contributed by atoms with van der Waals surface area (Å²) < 4.78 is 4.83. The molecule has 1 fully saturated rings. The molecule has 2 aromatic carbocycles. The summed E-state index contributed by atoms with van der Waals surface area (Å²) in [5.41, 5.74) is 1.68. The molecule has 0 unspecified atom stereocenters. The number of H-pyrrole nitrogens is 1. The van der Waals surface area contributed by atoms with Gasteiger partial charge in [0.2, 0.25) is 0 Å². The number of para-hydroxylation sites is 1. The van der Waals surface area contributed by atoms with Gasteiger partial charge in [-0.1, -0.05) is 30.3 Å². The number of esters is 1. The van der Waals surface area contributed by atoms with Crippen LogP contribution in [0.25, 0.3) is 10.9 Å². The number of Topliss-reactive ketones (excluding diaryl/α,β-unsaturated/α-hetero) is 1. The van der Waals surface area contributed by atoms with Gasteiger partial charge in [-0.25, -0.2) is 4.79 Å². The van der Waals surface area contributed by atoms with Crippen LogP contribution in [-0.4, -0.2) is 83.7 Å². The van der Waals surface area contributed by atoms with Crippen molar-refractivity contribution in [2.75, 3.05) is 44.6 Å². The van der Waals surface area contributed by atoms with Gasteiger partial charge in [-0.15, -0.1) is 12.8 Å². The van der Waals surface area contributed by atoms with E-state index in [2.05, 4.69) is 28.5 Å². The molecule has 2 heterocycles. The first kappa shape index (κ1) is 29.4. The first-order valence-electron chi connectivity index (χ1n) is 12.7. The molecular formula is C29H31N5O6. The lowest BCUT2D eigenvalue weighted by Crippen LogP contribution is -2.52. The van der Waals surface area contributed by atoms with Crippen LogP contribution in [0, 0.1) is 12.8 Å². The minimum atomic E-state index is -0.671. The molecule has 3 N–H and O–H groups in total. The average molecular weight is 546 g/mol. The van der Waals surface area contributed by atoms with E-state index in [0.29, 0.717) is 35.2 Å². The zero-order valence-corrected chi connectivity index (χ0v) is 22.1. The van der Waals surface area contributed by atoms with Gasteiger partial charge in [-0.3, -0.25) is 19.2 Å². The Morgan fingerprint density at radius 2 is 1.60 bits per heavy atom. The Bertz CT molecular complexity index is 1390. The van der Waals surface area contributed by atoms with Crippen molar-refractivity contribution in [2.45, 2.75) is 13.3 Å². The van der Waals surface area contributed by atoms with E-state index in [0.717, 1.165) is 0 Å². The SMILES string of the molecule is C#C.CCOC(=O)CCNC(=O)Nc1cccc2c(C(=O)C(=O)N3CCN(C(=O)c4ccccc4)CC3)c[nH]c12. The zero-order valence-electron chi connectivity index (χ0n) is 22.1. The Labute approximate surface area is 231 Å². The Hall–Kier alpha value is -5.11. The molecule has 40 heavy (non-hydrogen) atoms. The topological polar surface area (TPSA) is 141 Å². The average Bonchev–Trinajstić information content (AvgIpc) is 3.43. The molecule has 11 heteroatoms. The number of amides is 4. The van der Waals surface area contributed by atoms with Crippen LogP contribution in [-0.2, 0) is 14.3 Å². The summed E-state index contributed by atoms with van der Waals surface area (Å²) in [4.78, 5) is 68.6. The number of carbonyl (C=O) groups excluding carboxylic acids is 5. The number of aromatic amines is 1. The zero-order chi connectivity index (χ0) is 29.1. The number of hydrogen-bond donors (Lipinski definition) is 3. The molecular weight excluding hydrogens is 514 g/mol. The number of carbonyl (C=O) groups is 5. The van der Waals surface area contributed by atoms with Gasteiger partial charge >= 0.3 is 12.0 Å². The predicted octanol–water partition coefficient (Wildman–Crippen LogP) is 2.66. The van der Waals surface area contributed by atoms with E-state index in [9.17, 15) is 24.0 Å². The fraction of sp³-hybridized carbons (Fsp3) is 0.276. The van der Waals surface area contributed by atoms with E-state index in [1.54, 1.807) is 54.3 Å². The lowest BCUT2D eigenvalue weighted by atomic mass is 10.1. The van der Waals surface area contributed by atoms with Gasteiger partial charge in [0, 0.05) is 49.9 Å². The van der Waals surface area contributed by atoms with E-state index < -0.39 is 23.7 Å². The number of terminal acetylenes is 1. The summed E-state index contributed by atoms with van der Waals surface area (Å²) in [5.74, 6) is -1.83. The van der Waals surface area contributed by atoms with Crippen LogP contribution in [0.2, 0.25) is 0 Å². The maximum Gasteiger partial charge on any atom is 0.319 e. The van der Waals surface area contributed by atoms with Crippen LogP contribution in [0.3, 0.4) is 0 Å². The maximum atomic E-state index is 13.1. The van der Waals surface area contributed by atoms with Crippen LogP contribution in [0.4, 0.5) is 10.5 Å². The number of rotatable bonds is 8. The van der Waals surface area contributed by atoms with Crippen molar-refractivity contribution < 1.29 is 28.7 Å². The standard InChI is InChI=1S/C27H29N5O6.C2H2/c1-2-38-22(33)11-12-28-27(37)30-21-10-6-9-19-20(17-29-23(19)21)24(34)26(36)32-15-13-31(14-16-32)25(35)18-7-4-3-5-8-18;1-2/h3-10,17,29H,2,11-16H2,1H3,(H2,28,30,37);1-2H. The molecule has 0 saturated carbocycles. The van der Waals surface area contributed by atoms with E-state index in [-0.39, 0.29) is 44.1 Å². The molecule has 0 radical (unpaired) electrons. The monoisotopic (exact) mass is 545 g/mol. The van der Waals surface area contributed by atoms with Crippen LogP contribution in [0.5, 0.6) is 0 Å². The second-order valence-electron chi connectivity index (χ2n) is 8.65. The highest BCUT2D eigenvalue weighted by Crippen LogP contribution is 2.26. The molecule has 0 spiro atoms. The number of piperazine rings is 1. The second kappa shape index (κ2) is 14.2. The minimum absolute atomic E-state index is 0.0450. The highest BCUT2D eigenvalue weighted by Gasteiger charge is 2.30. The summed E-state index contributed by atoms with van der Waals surface area (Å²) >= 11 is 0. The number of urea groups is 1. The molecule has 208 valence electrons. The number of anilines is 1. The Kier molecular flexibility index (Phi) is 10.4. The third-order valence-electron chi connectivity index (χ3n) is 6.20. The maximum absolute atomic E-state index is 13.1. The summed E-state index contributed by atoms with van der Waals surface area (Å²) in [6.45, 7) is 3.26. The fourth-order valence-electron chi connectivity index (χ4n) is 4.26. The van der Waals surface area contributed by atoms with Crippen molar-refractivity contribution in [3.05, 3.63) is 65.9 Å². The normalized spacial score (nSPS) is 12.6. The van der Waals surface area contributed by atoms with Crippen molar-refractivity contribution in [2.24, 2.45) is 0 Å². The number of ether oxygens (including phenoxy) is 1. The summed E-state index contributed by atoms with van der Waals surface area (Å²) in [7, 11) is 0. The molecule has 1 aromatic heterocycles. The number of nitrogens with one attached hydrogen (secondary N) is 3. The first-order chi connectivity index (χ1) is 19.4. The quantitative estimate of drug-likeness (QED) is 0.172. The van der Waals surface area contributed by atoms with Gasteiger partial charge in [0.1, 0.15) is 0 Å². The van der Waals surface area contributed by atoms with E-state index in [4.69, 9.17) is 4.74 Å². The highest BCUT2D eigenvalue weighted by molar-refractivity contribution is 6.45. The van der Waals surface area contributed by atoms with Gasteiger partial charge in [0.25, 0.3) is 17.6 Å². The van der Waals surface area contributed by atoms with Gasteiger partial charge < -0.3 is 30.2 Å². The summed E-state index contributed by atoms with van der Waals surface area (Å²) in [5, 5.41) is 5.76. The lowest BCUT2D eigenvalue weighted by molar-refractivity contribution is -0.142. The third kappa shape index (κ3) is 7.05. The molecule has 0 bridgehead atoms. The number of fused-ring (bicyclic) bond motifs is 1. The Morgan fingerprint density at radius 1 is 0.925 bits per heavy atom. The minimum Gasteiger partial charge on any atom is -0.466 e.